The van der Waals surface area contributed by atoms with Crippen LogP contribution in [0.15, 0.2) is 113 Å². The Bertz CT molecular complexity index is 2110. The monoisotopic (exact) mass is 655 g/mol. The van der Waals surface area contributed by atoms with Gasteiger partial charge in [-0.2, -0.15) is 4.31 Å². The van der Waals surface area contributed by atoms with Crippen molar-refractivity contribution in [3.8, 4) is 0 Å². The molecular weight excluding hydrogens is 639 g/mol. The zero-order chi connectivity index (χ0) is 30.9. The van der Waals surface area contributed by atoms with Crippen molar-refractivity contribution in [1.82, 2.24) is 4.98 Å². The number of hydrogen-bond acceptors (Lipinski definition) is 11. The van der Waals surface area contributed by atoms with E-state index < -0.39 is 40.7 Å². The molecule has 0 aliphatic rings. The standard InChI is InChI=1S/C26H17N5O8S4/c32-30(33)19-9-7-8-18(16-19)28(42(36,37)21-10-3-1-4-11-21)26(40)29(43(38,39)22-12-5-2-6-13-22)25-27-23-15-14-20(31(34)35)17-24(23)41-25/h1-17H. The largest absolute Gasteiger partial charge is 0.272 e. The van der Waals surface area contributed by atoms with Crippen LogP contribution in [-0.4, -0.2) is 36.8 Å². The average Bonchev–Trinajstić information content (AvgIpc) is 3.40. The van der Waals surface area contributed by atoms with E-state index in [1.807, 2.05) is 0 Å². The molecule has 218 valence electrons. The molecule has 0 spiro atoms. The number of nitro groups is 2. The summed E-state index contributed by atoms with van der Waals surface area (Å²) in [5.41, 5.74) is -0.867. The van der Waals surface area contributed by atoms with E-state index in [0.29, 0.717) is 8.61 Å². The molecule has 0 bridgehead atoms. The van der Waals surface area contributed by atoms with Gasteiger partial charge in [0.1, 0.15) is 0 Å². The van der Waals surface area contributed by atoms with Crippen molar-refractivity contribution >= 4 is 81.1 Å². The molecule has 0 atom stereocenters. The lowest BCUT2D eigenvalue weighted by atomic mass is 10.3. The second-order valence-electron chi connectivity index (χ2n) is 8.63. The quantitative estimate of drug-likeness (QED) is 0.118. The summed E-state index contributed by atoms with van der Waals surface area (Å²) in [6.07, 6.45) is 0. The Kier molecular flexibility index (Phi) is 7.89. The van der Waals surface area contributed by atoms with E-state index in [0.717, 1.165) is 23.5 Å². The number of non-ortho nitro benzene ring substituents is 2. The van der Waals surface area contributed by atoms with Gasteiger partial charge in [0.15, 0.2) is 0 Å². The van der Waals surface area contributed by atoms with Crippen LogP contribution in [0.1, 0.15) is 0 Å². The molecule has 0 radical (unpaired) electrons. The molecule has 43 heavy (non-hydrogen) atoms. The predicted molar refractivity (Wildman–Crippen MR) is 164 cm³/mol. The molecule has 5 aromatic rings. The molecule has 1 aromatic heterocycles. The van der Waals surface area contributed by atoms with Crippen molar-refractivity contribution in [3.63, 3.8) is 0 Å². The third-order valence-electron chi connectivity index (χ3n) is 5.93. The van der Waals surface area contributed by atoms with Crippen LogP contribution in [0.2, 0.25) is 0 Å². The maximum Gasteiger partial charge on any atom is 0.272 e. The summed E-state index contributed by atoms with van der Waals surface area (Å²) in [6.45, 7) is 0. The molecule has 13 nitrogen and oxygen atoms in total. The predicted octanol–water partition coefficient (Wildman–Crippen LogP) is 5.49. The zero-order valence-electron chi connectivity index (χ0n) is 21.5. The van der Waals surface area contributed by atoms with Crippen LogP contribution in [0.5, 0.6) is 0 Å². The van der Waals surface area contributed by atoms with E-state index in [1.165, 1.54) is 78.9 Å². The van der Waals surface area contributed by atoms with E-state index in [9.17, 15) is 37.1 Å². The van der Waals surface area contributed by atoms with Crippen LogP contribution < -0.4 is 8.61 Å². The molecule has 0 saturated carbocycles. The summed E-state index contributed by atoms with van der Waals surface area (Å²) in [5, 5.41) is 21.8. The van der Waals surface area contributed by atoms with Crippen molar-refractivity contribution < 1.29 is 26.7 Å². The summed E-state index contributed by atoms with van der Waals surface area (Å²) >= 11 is 6.35. The molecule has 0 aliphatic heterocycles. The summed E-state index contributed by atoms with van der Waals surface area (Å²) in [5.74, 6) is 0. The minimum absolute atomic E-state index is 0.189. The Labute approximate surface area is 253 Å². The van der Waals surface area contributed by atoms with Gasteiger partial charge in [-0.05, 0) is 48.6 Å². The summed E-state index contributed by atoms with van der Waals surface area (Å²) in [4.78, 5) is 25.4. The van der Waals surface area contributed by atoms with E-state index >= 15 is 0 Å². The van der Waals surface area contributed by atoms with Crippen LogP contribution >= 0.6 is 23.6 Å². The van der Waals surface area contributed by atoms with Gasteiger partial charge >= 0.3 is 0 Å². The Balaban J connectivity index is 1.79. The highest BCUT2D eigenvalue weighted by atomic mass is 32.2. The Morgan fingerprint density at radius 2 is 1.23 bits per heavy atom. The molecule has 0 saturated heterocycles. The first-order valence-corrected chi connectivity index (χ1v) is 16.1. The number of aromatic nitrogens is 1. The number of thiazole rings is 1. The molecule has 0 unspecified atom stereocenters. The number of sulfonamides is 2. The fourth-order valence-electron chi connectivity index (χ4n) is 3.95. The van der Waals surface area contributed by atoms with Gasteiger partial charge in [-0.1, -0.05) is 53.8 Å². The SMILES string of the molecule is O=[N+]([O-])c1cccc(N(C(=S)N(c2nc3ccc([N+](=O)[O-])cc3s2)S(=O)(=O)c2ccccc2)S(=O)(=O)c2ccccc2)c1. The minimum Gasteiger partial charge on any atom is -0.258 e. The Morgan fingerprint density at radius 3 is 1.79 bits per heavy atom. The molecule has 0 amide bonds. The van der Waals surface area contributed by atoms with Crippen molar-refractivity contribution in [2.24, 2.45) is 0 Å². The topological polar surface area (TPSA) is 174 Å². The molecule has 4 aromatic carbocycles. The van der Waals surface area contributed by atoms with Gasteiger partial charge in [-0.15, -0.1) is 0 Å². The maximum atomic E-state index is 14.2. The van der Waals surface area contributed by atoms with Crippen LogP contribution in [0.4, 0.5) is 22.2 Å². The lowest BCUT2D eigenvalue weighted by Gasteiger charge is -2.31. The molecule has 0 aliphatic carbocycles. The van der Waals surface area contributed by atoms with E-state index in [4.69, 9.17) is 12.2 Å². The lowest BCUT2D eigenvalue weighted by molar-refractivity contribution is -0.384. The van der Waals surface area contributed by atoms with Crippen LogP contribution in [0.3, 0.4) is 0 Å². The van der Waals surface area contributed by atoms with Crippen LogP contribution in [0, 0.1) is 20.2 Å². The highest BCUT2D eigenvalue weighted by Crippen LogP contribution is 2.37. The molecule has 17 heteroatoms. The fourth-order valence-corrected chi connectivity index (χ4v) is 8.79. The van der Waals surface area contributed by atoms with Gasteiger partial charge in [0.25, 0.3) is 31.4 Å². The summed E-state index contributed by atoms with van der Waals surface area (Å²) in [7, 11) is -9.37. The fraction of sp³-hybridized carbons (Fsp3) is 0. The second kappa shape index (κ2) is 11.4. The lowest BCUT2D eigenvalue weighted by Crippen LogP contribution is -2.49. The molecule has 0 N–H and O–H groups in total. The molecular formula is C26H17N5O8S4. The maximum absolute atomic E-state index is 14.2. The van der Waals surface area contributed by atoms with E-state index in [-0.39, 0.29) is 36.5 Å². The molecule has 5 rings (SSSR count). The number of hydrogen-bond donors (Lipinski definition) is 0. The minimum atomic E-state index is -4.69. The first kappa shape index (κ1) is 29.6. The van der Waals surface area contributed by atoms with Crippen molar-refractivity contribution in [3.05, 3.63) is 123 Å². The van der Waals surface area contributed by atoms with Crippen molar-refractivity contribution in [2.75, 3.05) is 8.61 Å². The number of fused-ring (bicyclic) bond motifs is 1. The van der Waals surface area contributed by atoms with E-state index in [2.05, 4.69) is 4.98 Å². The normalized spacial score (nSPS) is 11.6. The molecule has 0 fully saturated rings. The third-order valence-corrected chi connectivity index (χ3v) is 11.1. The Morgan fingerprint density at radius 1 is 0.698 bits per heavy atom. The smallest absolute Gasteiger partial charge is 0.258 e. The van der Waals surface area contributed by atoms with Crippen molar-refractivity contribution in [1.29, 1.82) is 0 Å². The second-order valence-corrected chi connectivity index (χ2v) is 13.6. The number of thiocarbonyl (C=S) groups is 1. The molecule has 1 heterocycles. The number of nitro benzene ring substituents is 2. The van der Waals surface area contributed by atoms with Gasteiger partial charge in [0.05, 0.1) is 35.5 Å². The summed E-state index contributed by atoms with van der Waals surface area (Å²) < 4.78 is 57.8. The highest BCUT2D eigenvalue weighted by Gasteiger charge is 2.40. The van der Waals surface area contributed by atoms with Crippen LogP contribution in [-0.2, 0) is 20.0 Å². The number of benzene rings is 4. The summed E-state index contributed by atoms with van der Waals surface area (Å²) in [6, 6.07) is 22.3. The van der Waals surface area contributed by atoms with Crippen molar-refractivity contribution in [2.45, 2.75) is 9.79 Å². The van der Waals surface area contributed by atoms with Gasteiger partial charge in [-0.3, -0.25) is 20.2 Å². The van der Waals surface area contributed by atoms with Gasteiger partial charge in [0.2, 0.25) is 10.2 Å². The number of nitrogens with zero attached hydrogens (tertiary/aromatic N) is 5. The van der Waals surface area contributed by atoms with Crippen LogP contribution in [0.25, 0.3) is 10.2 Å². The third kappa shape index (κ3) is 5.65. The van der Waals surface area contributed by atoms with E-state index in [1.54, 1.807) is 12.1 Å². The Hall–Kier alpha value is -4.84. The first-order valence-electron chi connectivity index (χ1n) is 12.0. The first-order chi connectivity index (χ1) is 20.4. The van der Waals surface area contributed by atoms with Gasteiger partial charge in [0, 0.05) is 24.3 Å². The van der Waals surface area contributed by atoms with Gasteiger partial charge in [-0.25, -0.2) is 26.1 Å². The number of anilines is 2. The highest BCUT2D eigenvalue weighted by molar-refractivity contribution is 7.98. The number of rotatable bonds is 8. The van der Waals surface area contributed by atoms with Gasteiger partial charge < -0.3 is 0 Å². The average molecular weight is 656 g/mol. The zero-order valence-corrected chi connectivity index (χ0v) is 24.7.